The largest absolute Gasteiger partial charge is 0.140 e. The predicted molar refractivity (Wildman–Crippen MR) is 162 cm³/mol. The van der Waals surface area contributed by atoms with Crippen LogP contribution in [-0.2, 0) is 0 Å². The first-order chi connectivity index (χ1) is 17.5. The number of rotatable bonds is 9. The third-order valence-electron chi connectivity index (χ3n) is 15.4. The van der Waals surface area contributed by atoms with E-state index in [4.69, 9.17) is 0 Å². The molecule has 0 nitrogen and oxygen atoms in total. The molecule has 6 fully saturated rings. The molecule has 10 atom stereocenters. The van der Waals surface area contributed by atoms with Crippen molar-refractivity contribution in [3.05, 3.63) is 0 Å². The summed E-state index contributed by atoms with van der Waals surface area (Å²) in [6.45, 7) is 19.7. The highest BCUT2D eigenvalue weighted by Crippen LogP contribution is 2.74. The summed E-state index contributed by atoms with van der Waals surface area (Å²) in [4.78, 5) is 0. The maximum Gasteiger partial charge on any atom is 0.140 e. The Kier molecular flexibility index (Phi) is 7.05. The van der Waals surface area contributed by atoms with Gasteiger partial charge in [-0.3, -0.25) is 0 Å². The van der Waals surface area contributed by atoms with Crippen LogP contribution in [0.1, 0.15) is 138 Å². The van der Waals surface area contributed by atoms with E-state index in [1.54, 1.807) is 57.5 Å². The summed E-state index contributed by atoms with van der Waals surface area (Å²) in [6.07, 6.45) is 26.0. The molecular weight excluding hydrogens is 443 g/mol. The van der Waals surface area contributed by atoms with Gasteiger partial charge in [-0.25, -0.2) is 0 Å². The average Bonchev–Trinajstić information content (AvgIpc) is 3.53. The summed E-state index contributed by atoms with van der Waals surface area (Å²) < 4.78 is 0. The average molecular weight is 507 g/mol. The molecule has 10 unspecified atom stereocenters. The third-order valence-corrected chi connectivity index (χ3v) is 15.4. The van der Waals surface area contributed by atoms with E-state index < -0.39 is 0 Å². The van der Waals surface area contributed by atoms with Crippen LogP contribution in [0.25, 0.3) is 0 Å². The quantitative estimate of drug-likeness (QED) is 0.215. The lowest BCUT2D eigenvalue weighted by Gasteiger charge is -2.46. The molecule has 0 aromatic heterocycles. The summed E-state index contributed by atoms with van der Waals surface area (Å²) in [7, 11) is 0. The van der Waals surface area contributed by atoms with Crippen molar-refractivity contribution in [3.63, 3.8) is 0 Å². The van der Waals surface area contributed by atoms with Gasteiger partial charge in [-0.15, -0.1) is 0 Å². The summed E-state index contributed by atoms with van der Waals surface area (Å²) in [5.74, 6) is 8.35. The molecule has 6 saturated carbocycles. The second-order valence-electron chi connectivity index (χ2n) is 17.8. The number of unbranched alkanes of at least 4 members (excludes halogenated alkanes) is 3. The highest BCUT2D eigenvalue weighted by atomic mass is 14.7. The Hall–Kier alpha value is 0.0649. The lowest BCUT2D eigenvalue weighted by atomic mass is 9.35. The highest BCUT2D eigenvalue weighted by Gasteiger charge is 2.66. The van der Waals surface area contributed by atoms with Gasteiger partial charge in [0.1, 0.15) is 6.71 Å². The van der Waals surface area contributed by atoms with Gasteiger partial charge in [0, 0.05) is 0 Å². The predicted octanol–water partition coefficient (Wildman–Crippen LogP) is 11.0. The van der Waals surface area contributed by atoms with Gasteiger partial charge in [-0.1, -0.05) is 106 Å². The van der Waals surface area contributed by atoms with Crippen molar-refractivity contribution in [2.24, 2.45) is 69.0 Å². The van der Waals surface area contributed by atoms with E-state index in [0.29, 0.717) is 21.7 Å². The Labute approximate surface area is 232 Å². The minimum absolute atomic E-state index is 0.591. The van der Waals surface area contributed by atoms with Crippen LogP contribution in [0, 0.1) is 69.0 Å². The van der Waals surface area contributed by atoms with E-state index in [0.717, 1.165) is 54.1 Å². The van der Waals surface area contributed by atoms with Gasteiger partial charge >= 0.3 is 0 Å². The second kappa shape index (κ2) is 9.57. The minimum Gasteiger partial charge on any atom is -0.0741 e. The maximum atomic E-state index is 2.81. The first kappa shape index (κ1) is 27.2. The van der Waals surface area contributed by atoms with E-state index >= 15 is 0 Å². The van der Waals surface area contributed by atoms with E-state index in [1.807, 2.05) is 0 Å². The number of hydrogen-bond acceptors (Lipinski definition) is 0. The molecule has 0 amide bonds. The Morgan fingerprint density at radius 3 is 1.54 bits per heavy atom. The van der Waals surface area contributed by atoms with E-state index in [1.165, 1.54) is 51.4 Å². The molecule has 0 aromatic rings. The van der Waals surface area contributed by atoms with Crippen LogP contribution in [0.4, 0.5) is 0 Å². The summed E-state index contributed by atoms with van der Waals surface area (Å²) in [5.41, 5.74) is 2.51. The van der Waals surface area contributed by atoms with Crippen LogP contribution < -0.4 is 0 Å². The zero-order valence-electron chi connectivity index (χ0n) is 26.2. The zero-order chi connectivity index (χ0) is 26.2. The van der Waals surface area contributed by atoms with E-state index in [9.17, 15) is 0 Å². The fourth-order valence-electron chi connectivity index (χ4n) is 13.9. The molecule has 6 aliphatic rings. The van der Waals surface area contributed by atoms with Gasteiger partial charge in [-0.2, -0.15) is 0 Å². The molecule has 0 spiro atoms. The van der Waals surface area contributed by atoms with Crippen molar-refractivity contribution in [2.75, 3.05) is 0 Å². The van der Waals surface area contributed by atoms with Gasteiger partial charge in [0.25, 0.3) is 0 Å². The van der Waals surface area contributed by atoms with Crippen molar-refractivity contribution in [3.8, 4) is 0 Å². The van der Waals surface area contributed by atoms with Crippen LogP contribution in [-0.4, -0.2) is 6.71 Å². The van der Waals surface area contributed by atoms with Crippen LogP contribution in [0.5, 0.6) is 0 Å². The minimum atomic E-state index is 0.591. The Morgan fingerprint density at radius 2 is 1.08 bits per heavy atom. The molecule has 210 valence electrons. The monoisotopic (exact) mass is 507 g/mol. The molecule has 0 aliphatic heterocycles. The maximum absolute atomic E-state index is 2.81. The molecule has 0 radical (unpaired) electrons. The van der Waals surface area contributed by atoms with Gasteiger partial charge in [0.2, 0.25) is 0 Å². The Balaban J connectivity index is 1.25. The van der Waals surface area contributed by atoms with Gasteiger partial charge < -0.3 is 0 Å². The summed E-state index contributed by atoms with van der Waals surface area (Å²) >= 11 is 0. The lowest BCUT2D eigenvalue weighted by Crippen LogP contribution is -2.40. The molecular formula is C36H63B. The van der Waals surface area contributed by atoms with Crippen molar-refractivity contribution >= 4 is 6.71 Å². The van der Waals surface area contributed by atoms with Gasteiger partial charge in [-0.05, 0) is 120 Å². The van der Waals surface area contributed by atoms with Crippen LogP contribution >= 0.6 is 0 Å². The second-order valence-corrected chi connectivity index (χ2v) is 17.8. The van der Waals surface area contributed by atoms with Gasteiger partial charge in [0.15, 0.2) is 0 Å². The first-order valence-electron chi connectivity index (χ1n) is 17.5. The highest BCUT2D eigenvalue weighted by molar-refractivity contribution is 6.59. The molecule has 6 aliphatic carbocycles. The lowest BCUT2D eigenvalue weighted by molar-refractivity contribution is 0.0926. The van der Waals surface area contributed by atoms with Crippen LogP contribution in [0.15, 0.2) is 0 Å². The van der Waals surface area contributed by atoms with Crippen molar-refractivity contribution in [2.45, 2.75) is 157 Å². The molecule has 0 N–H and O–H groups in total. The number of hydrogen-bond donors (Lipinski definition) is 0. The third kappa shape index (κ3) is 4.18. The molecule has 0 heterocycles. The van der Waals surface area contributed by atoms with Gasteiger partial charge in [0.05, 0.1) is 0 Å². The zero-order valence-corrected chi connectivity index (χ0v) is 26.2. The molecule has 8 bridgehead atoms. The van der Waals surface area contributed by atoms with Crippen LogP contribution in [0.3, 0.4) is 0 Å². The Bertz CT molecular complexity index is 765. The fourth-order valence-corrected chi connectivity index (χ4v) is 13.9. The normalized spacial score (nSPS) is 48.7. The van der Waals surface area contributed by atoms with Crippen LogP contribution in [0.2, 0.25) is 19.0 Å². The smallest absolute Gasteiger partial charge is 0.0741 e. The molecule has 37 heavy (non-hydrogen) atoms. The SMILES string of the molecule is CCCCCCB(CC1C2CCC3C2C(C)(C)CCCC13C)CC1C2CCC3C2C(C)(C)CCCC13C. The fraction of sp³-hybridized carbons (Fsp3) is 1.00. The molecule has 0 aromatic carbocycles. The molecule has 6 rings (SSSR count). The topological polar surface area (TPSA) is 0 Å². The summed E-state index contributed by atoms with van der Waals surface area (Å²) in [5, 5.41) is 0. The standard InChI is InChI=1S/C36H63B/c1-8-9-10-11-22-37(23-29-25-14-16-27-31(25)33(2,3)18-12-20-35(27,29)6)24-30-26-15-17-28-32(26)34(4,5)19-13-21-36(28,30)7/h25-32H,8-24H2,1-7H3. The Morgan fingerprint density at radius 1 is 0.595 bits per heavy atom. The molecule has 1 heteroatoms. The summed E-state index contributed by atoms with van der Waals surface area (Å²) in [6, 6.07) is 0. The molecule has 0 saturated heterocycles. The van der Waals surface area contributed by atoms with Crippen molar-refractivity contribution < 1.29 is 0 Å². The van der Waals surface area contributed by atoms with Crippen molar-refractivity contribution in [1.82, 2.24) is 0 Å². The first-order valence-corrected chi connectivity index (χ1v) is 17.5. The van der Waals surface area contributed by atoms with E-state index in [-0.39, 0.29) is 0 Å². The van der Waals surface area contributed by atoms with E-state index in [2.05, 4.69) is 48.5 Å². The van der Waals surface area contributed by atoms with Crippen molar-refractivity contribution in [1.29, 1.82) is 0 Å².